The SMILES string of the molecule is Cc1ccc(C(OC2CCOCC2)C(C)N)cc1. The summed E-state index contributed by atoms with van der Waals surface area (Å²) in [5.41, 5.74) is 8.49. The fourth-order valence-corrected chi connectivity index (χ4v) is 2.28. The van der Waals surface area contributed by atoms with Gasteiger partial charge in [-0.15, -0.1) is 0 Å². The van der Waals surface area contributed by atoms with Gasteiger partial charge in [-0.1, -0.05) is 29.8 Å². The fraction of sp³-hybridized carbons (Fsp3) is 0.600. The van der Waals surface area contributed by atoms with Gasteiger partial charge in [0.15, 0.2) is 0 Å². The van der Waals surface area contributed by atoms with E-state index >= 15 is 0 Å². The molecule has 18 heavy (non-hydrogen) atoms. The first-order chi connectivity index (χ1) is 8.66. The zero-order valence-electron chi connectivity index (χ0n) is 11.3. The molecule has 2 N–H and O–H groups in total. The number of nitrogens with two attached hydrogens (primary N) is 1. The van der Waals surface area contributed by atoms with Crippen LogP contribution >= 0.6 is 0 Å². The fourth-order valence-electron chi connectivity index (χ4n) is 2.28. The van der Waals surface area contributed by atoms with Crippen LogP contribution in [-0.4, -0.2) is 25.4 Å². The quantitative estimate of drug-likeness (QED) is 0.892. The maximum absolute atomic E-state index is 6.17. The highest BCUT2D eigenvalue weighted by molar-refractivity contribution is 5.24. The van der Waals surface area contributed by atoms with Crippen LogP contribution in [0.4, 0.5) is 0 Å². The predicted molar refractivity (Wildman–Crippen MR) is 72.5 cm³/mol. The lowest BCUT2D eigenvalue weighted by molar-refractivity contribution is -0.0758. The third-order valence-corrected chi connectivity index (χ3v) is 3.39. The Kier molecular flexibility index (Phi) is 4.75. The van der Waals surface area contributed by atoms with E-state index in [4.69, 9.17) is 15.2 Å². The van der Waals surface area contributed by atoms with Gasteiger partial charge in [-0.2, -0.15) is 0 Å². The van der Waals surface area contributed by atoms with Crippen LogP contribution in [0, 0.1) is 6.92 Å². The minimum Gasteiger partial charge on any atom is -0.381 e. The van der Waals surface area contributed by atoms with Gasteiger partial charge in [0, 0.05) is 19.3 Å². The molecule has 3 nitrogen and oxygen atoms in total. The van der Waals surface area contributed by atoms with Crippen LogP contribution in [0.1, 0.15) is 37.0 Å². The molecule has 0 bridgehead atoms. The van der Waals surface area contributed by atoms with Crippen molar-refractivity contribution < 1.29 is 9.47 Å². The first kappa shape index (κ1) is 13.5. The summed E-state index contributed by atoms with van der Waals surface area (Å²) in [6.45, 7) is 5.68. The van der Waals surface area contributed by atoms with E-state index in [0.29, 0.717) is 0 Å². The lowest BCUT2D eigenvalue weighted by atomic mass is 10.0. The molecule has 1 aromatic rings. The Bertz CT molecular complexity index is 355. The van der Waals surface area contributed by atoms with E-state index in [9.17, 15) is 0 Å². The normalized spacial score (nSPS) is 20.6. The monoisotopic (exact) mass is 249 g/mol. The number of ether oxygens (including phenoxy) is 2. The van der Waals surface area contributed by atoms with E-state index in [-0.39, 0.29) is 18.2 Å². The van der Waals surface area contributed by atoms with E-state index in [1.54, 1.807) is 0 Å². The Hall–Kier alpha value is -0.900. The first-order valence-electron chi connectivity index (χ1n) is 6.72. The standard InChI is InChI=1S/C15H23NO2/c1-11-3-5-13(6-4-11)15(12(2)16)18-14-7-9-17-10-8-14/h3-6,12,14-15H,7-10,16H2,1-2H3. The predicted octanol–water partition coefficient (Wildman–Crippen LogP) is 2.58. The number of benzene rings is 1. The average Bonchev–Trinajstić information content (AvgIpc) is 2.38. The molecule has 1 fully saturated rings. The molecule has 0 saturated carbocycles. The van der Waals surface area contributed by atoms with Gasteiger partial charge < -0.3 is 15.2 Å². The van der Waals surface area contributed by atoms with Gasteiger partial charge in [0.25, 0.3) is 0 Å². The molecule has 1 aliphatic heterocycles. The van der Waals surface area contributed by atoms with E-state index in [2.05, 4.69) is 31.2 Å². The molecule has 1 aliphatic rings. The second kappa shape index (κ2) is 6.32. The molecule has 0 aromatic heterocycles. The molecular weight excluding hydrogens is 226 g/mol. The van der Waals surface area contributed by atoms with Crippen molar-refractivity contribution in [2.45, 2.75) is 44.9 Å². The van der Waals surface area contributed by atoms with Crippen LogP contribution in [0.15, 0.2) is 24.3 Å². The number of aryl methyl sites for hydroxylation is 1. The Morgan fingerprint density at radius 1 is 1.22 bits per heavy atom. The van der Waals surface area contributed by atoms with Crippen LogP contribution in [0.3, 0.4) is 0 Å². The van der Waals surface area contributed by atoms with Crippen molar-refractivity contribution in [1.29, 1.82) is 0 Å². The van der Waals surface area contributed by atoms with E-state index in [1.165, 1.54) is 11.1 Å². The number of rotatable bonds is 4. The maximum atomic E-state index is 6.17. The minimum absolute atomic E-state index is 0.00412. The molecule has 0 spiro atoms. The highest BCUT2D eigenvalue weighted by Gasteiger charge is 2.23. The number of hydrogen-bond acceptors (Lipinski definition) is 3. The van der Waals surface area contributed by atoms with Crippen molar-refractivity contribution in [1.82, 2.24) is 0 Å². The third kappa shape index (κ3) is 3.55. The zero-order chi connectivity index (χ0) is 13.0. The van der Waals surface area contributed by atoms with Crippen molar-refractivity contribution in [2.75, 3.05) is 13.2 Å². The van der Waals surface area contributed by atoms with Crippen LogP contribution < -0.4 is 5.73 Å². The molecule has 3 heteroatoms. The smallest absolute Gasteiger partial charge is 0.0976 e. The van der Waals surface area contributed by atoms with Crippen molar-refractivity contribution in [3.63, 3.8) is 0 Å². The second-order valence-electron chi connectivity index (χ2n) is 5.14. The summed E-state index contributed by atoms with van der Waals surface area (Å²) in [5.74, 6) is 0. The van der Waals surface area contributed by atoms with Crippen LogP contribution in [0.25, 0.3) is 0 Å². The van der Waals surface area contributed by atoms with Crippen molar-refractivity contribution >= 4 is 0 Å². The largest absolute Gasteiger partial charge is 0.381 e. The molecule has 2 atom stereocenters. The van der Waals surface area contributed by atoms with E-state index < -0.39 is 0 Å². The molecule has 2 rings (SSSR count). The van der Waals surface area contributed by atoms with Gasteiger partial charge in [0.2, 0.25) is 0 Å². The Morgan fingerprint density at radius 2 is 1.83 bits per heavy atom. The van der Waals surface area contributed by atoms with Gasteiger partial charge in [-0.25, -0.2) is 0 Å². The van der Waals surface area contributed by atoms with E-state index in [1.807, 2.05) is 6.92 Å². The summed E-state index contributed by atoms with van der Waals surface area (Å²) in [5, 5.41) is 0. The molecule has 100 valence electrons. The lowest BCUT2D eigenvalue weighted by Crippen LogP contribution is -2.33. The molecule has 0 amide bonds. The summed E-state index contributed by atoms with van der Waals surface area (Å²) in [4.78, 5) is 0. The summed E-state index contributed by atoms with van der Waals surface area (Å²) < 4.78 is 11.5. The van der Waals surface area contributed by atoms with Crippen molar-refractivity contribution in [3.8, 4) is 0 Å². The molecular formula is C15H23NO2. The van der Waals surface area contributed by atoms with Crippen molar-refractivity contribution in [2.24, 2.45) is 5.73 Å². The second-order valence-corrected chi connectivity index (χ2v) is 5.14. The topological polar surface area (TPSA) is 44.5 Å². The average molecular weight is 249 g/mol. The highest BCUT2D eigenvalue weighted by Crippen LogP contribution is 2.25. The Morgan fingerprint density at radius 3 is 2.39 bits per heavy atom. The van der Waals surface area contributed by atoms with Gasteiger partial charge in [0.05, 0.1) is 12.2 Å². The van der Waals surface area contributed by atoms with Crippen molar-refractivity contribution in [3.05, 3.63) is 35.4 Å². The Labute approximate surface area is 109 Å². The third-order valence-electron chi connectivity index (χ3n) is 3.39. The highest BCUT2D eigenvalue weighted by atomic mass is 16.5. The molecule has 0 radical (unpaired) electrons. The summed E-state index contributed by atoms with van der Waals surface area (Å²) in [6, 6.07) is 8.44. The van der Waals surface area contributed by atoms with Gasteiger partial charge in [-0.05, 0) is 32.3 Å². The van der Waals surface area contributed by atoms with Crippen LogP contribution in [0.5, 0.6) is 0 Å². The number of hydrogen-bond donors (Lipinski definition) is 1. The zero-order valence-corrected chi connectivity index (χ0v) is 11.3. The molecule has 1 aromatic carbocycles. The summed E-state index contributed by atoms with van der Waals surface area (Å²) >= 11 is 0. The molecule has 0 aliphatic carbocycles. The van der Waals surface area contributed by atoms with E-state index in [0.717, 1.165) is 26.1 Å². The van der Waals surface area contributed by atoms with Gasteiger partial charge >= 0.3 is 0 Å². The van der Waals surface area contributed by atoms with Gasteiger partial charge in [0.1, 0.15) is 0 Å². The van der Waals surface area contributed by atoms with Crippen LogP contribution in [0.2, 0.25) is 0 Å². The summed E-state index contributed by atoms with van der Waals surface area (Å²) in [6.07, 6.45) is 2.19. The molecule has 1 saturated heterocycles. The Balaban J connectivity index is 2.05. The summed E-state index contributed by atoms with van der Waals surface area (Å²) in [7, 11) is 0. The van der Waals surface area contributed by atoms with Crippen LogP contribution in [-0.2, 0) is 9.47 Å². The van der Waals surface area contributed by atoms with Gasteiger partial charge in [-0.3, -0.25) is 0 Å². The molecule has 1 heterocycles. The molecule has 2 unspecified atom stereocenters. The first-order valence-corrected chi connectivity index (χ1v) is 6.72. The lowest BCUT2D eigenvalue weighted by Gasteiger charge is -2.30. The maximum Gasteiger partial charge on any atom is 0.0976 e. The minimum atomic E-state index is -0.0197.